The molecule has 0 spiro atoms. The first-order valence-corrected chi connectivity index (χ1v) is 7.64. The maximum Gasteiger partial charge on any atom is 0.237 e. The second-order valence-corrected chi connectivity index (χ2v) is 6.00. The van der Waals surface area contributed by atoms with Crippen molar-refractivity contribution in [2.24, 2.45) is 0 Å². The summed E-state index contributed by atoms with van der Waals surface area (Å²) in [6.07, 6.45) is 3.06. The van der Waals surface area contributed by atoms with Crippen LogP contribution in [0.2, 0.25) is 5.02 Å². The predicted molar refractivity (Wildman–Crippen MR) is 88.5 cm³/mol. The molecule has 1 aromatic rings. The second kappa shape index (κ2) is 7.34. The van der Waals surface area contributed by atoms with Gasteiger partial charge in [-0.2, -0.15) is 0 Å². The zero-order valence-corrected chi connectivity index (χ0v) is 13.4. The molecule has 1 amide bonds. The van der Waals surface area contributed by atoms with Gasteiger partial charge in [-0.1, -0.05) is 11.6 Å². The van der Waals surface area contributed by atoms with E-state index < -0.39 is 0 Å². The van der Waals surface area contributed by atoms with Crippen molar-refractivity contribution in [2.75, 3.05) is 24.5 Å². The lowest BCUT2D eigenvalue weighted by Crippen LogP contribution is -2.46. The van der Waals surface area contributed by atoms with Crippen molar-refractivity contribution in [3.05, 3.63) is 29.3 Å². The summed E-state index contributed by atoms with van der Waals surface area (Å²) in [5, 5.41) is 7.16. The number of anilines is 1. The standard InChI is InChI=1S/C15H20ClN3O.ClH/c16-11-3-5-13(6-4-11)19-9-7-12(10-19)18-15(20)14-2-1-8-17-14;/h3-6,12,14,17H,1-2,7-10H2,(H,18,20);1H. The third-order valence-corrected chi connectivity index (χ3v) is 4.36. The Morgan fingerprint density at radius 1 is 1.29 bits per heavy atom. The van der Waals surface area contributed by atoms with Gasteiger partial charge in [-0.3, -0.25) is 4.79 Å². The molecule has 6 heteroatoms. The Bertz CT molecular complexity index is 474. The Balaban J connectivity index is 0.00000161. The summed E-state index contributed by atoms with van der Waals surface area (Å²) in [7, 11) is 0. The van der Waals surface area contributed by atoms with Gasteiger partial charge in [0.2, 0.25) is 5.91 Å². The van der Waals surface area contributed by atoms with E-state index >= 15 is 0 Å². The van der Waals surface area contributed by atoms with E-state index in [1.807, 2.05) is 24.3 Å². The lowest BCUT2D eigenvalue weighted by Gasteiger charge is -2.20. The number of nitrogens with one attached hydrogen (secondary N) is 2. The number of benzene rings is 1. The van der Waals surface area contributed by atoms with Crippen molar-refractivity contribution < 1.29 is 4.79 Å². The largest absolute Gasteiger partial charge is 0.369 e. The van der Waals surface area contributed by atoms with E-state index in [1.165, 1.54) is 5.69 Å². The first kappa shape index (κ1) is 16.4. The van der Waals surface area contributed by atoms with E-state index in [1.54, 1.807) is 0 Å². The number of carbonyl (C=O) groups is 1. The third-order valence-electron chi connectivity index (χ3n) is 4.10. The van der Waals surface area contributed by atoms with Gasteiger partial charge < -0.3 is 15.5 Å². The summed E-state index contributed by atoms with van der Waals surface area (Å²) in [6.45, 7) is 2.81. The summed E-state index contributed by atoms with van der Waals surface area (Å²) in [5.74, 6) is 0.158. The second-order valence-electron chi connectivity index (χ2n) is 5.57. The molecule has 2 heterocycles. The molecule has 2 aliphatic heterocycles. The Kier molecular flexibility index (Phi) is 5.73. The molecular weight excluding hydrogens is 309 g/mol. The van der Waals surface area contributed by atoms with Crippen LogP contribution in [0.25, 0.3) is 0 Å². The molecule has 2 atom stereocenters. The van der Waals surface area contributed by atoms with Crippen LogP contribution in [0.5, 0.6) is 0 Å². The first-order valence-electron chi connectivity index (χ1n) is 7.26. The molecule has 116 valence electrons. The molecule has 0 saturated carbocycles. The molecular formula is C15H21Cl2N3O. The van der Waals surface area contributed by atoms with Crippen LogP contribution in [0.1, 0.15) is 19.3 Å². The van der Waals surface area contributed by atoms with Gasteiger partial charge in [0.25, 0.3) is 0 Å². The summed E-state index contributed by atoms with van der Waals surface area (Å²) in [5.41, 5.74) is 1.17. The molecule has 0 bridgehead atoms. The minimum atomic E-state index is 0. The lowest BCUT2D eigenvalue weighted by molar-refractivity contribution is -0.123. The minimum absolute atomic E-state index is 0. The van der Waals surface area contributed by atoms with Gasteiger partial charge in [-0.05, 0) is 50.1 Å². The smallest absolute Gasteiger partial charge is 0.237 e. The van der Waals surface area contributed by atoms with Crippen LogP contribution in [-0.4, -0.2) is 37.6 Å². The number of carbonyl (C=O) groups excluding carboxylic acids is 1. The normalized spacial score (nSPS) is 24.7. The fourth-order valence-electron chi connectivity index (χ4n) is 2.97. The Morgan fingerprint density at radius 2 is 2.05 bits per heavy atom. The van der Waals surface area contributed by atoms with Gasteiger partial charge in [0, 0.05) is 29.8 Å². The highest BCUT2D eigenvalue weighted by atomic mass is 35.5. The summed E-state index contributed by atoms with van der Waals surface area (Å²) in [4.78, 5) is 14.4. The molecule has 2 saturated heterocycles. The molecule has 1 aromatic carbocycles. The van der Waals surface area contributed by atoms with Gasteiger partial charge in [-0.15, -0.1) is 12.4 Å². The topological polar surface area (TPSA) is 44.4 Å². The van der Waals surface area contributed by atoms with Gasteiger partial charge in [-0.25, -0.2) is 0 Å². The zero-order chi connectivity index (χ0) is 13.9. The van der Waals surface area contributed by atoms with Crippen molar-refractivity contribution in [2.45, 2.75) is 31.3 Å². The number of halogens is 2. The van der Waals surface area contributed by atoms with E-state index in [0.717, 1.165) is 43.9 Å². The van der Waals surface area contributed by atoms with Crippen LogP contribution in [0.3, 0.4) is 0 Å². The van der Waals surface area contributed by atoms with Crippen molar-refractivity contribution in [1.82, 2.24) is 10.6 Å². The summed E-state index contributed by atoms with van der Waals surface area (Å²) < 4.78 is 0. The van der Waals surface area contributed by atoms with Crippen LogP contribution in [0.15, 0.2) is 24.3 Å². The van der Waals surface area contributed by atoms with Gasteiger partial charge in [0.15, 0.2) is 0 Å². The molecule has 2 aliphatic rings. The average molecular weight is 330 g/mol. The van der Waals surface area contributed by atoms with E-state index in [2.05, 4.69) is 15.5 Å². The summed E-state index contributed by atoms with van der Waals surface area (Å²) in [6, 6.07) is 8.15. The highest BCUT2D eigenvalue weighted by molar-refractivity contribution is 6.30. The predicted octanol–water partition coefficient (Wildman–Crippen LogP) is 2.21. The van der Waals surface area contributed by atoms with Crippen LogP contribution >= 0.6 is 24.0 Å². The Hall–Kier alpha value is -0.970. The molecule has 4 nitrogen and oxygen atoms in total. The van der Waals surface area contributed by atoms with E-state index in [9.17, 15) is 4.79 Å². The van der Waals surface area contributed by atoms with Gasteiger partial charge in [0.05, 0.1) is 6.04 Å². The SMILES string of the molecule is Cl.O=C(NC1CCN(c2ccc(Cl)cc2)C1)C1CCCN1. The lowest BCUT2D eigenvalue weighted by atomic mass is 10.2. The van der Waals surface area contributed by atoms with Crippen LogP contribution in [0, 0.1) is 0 Å². The Morgan fingerprint density at radius 3 is 2.71 bits per heavy atom. The molecule has 21 heavy (non-hydrogen) atoms. The van der Waals surface area contributed by atoms with Gasteiger partial charge in [0.1, 0.15) is 0 Å². The fraction of sp³-hybridized carbons (Fsp3) is 0.533. The summed E-state index contributed by atoms with van der Waals surface area (Å²) >= 11 is 5.91. The van der Waals surface area contributed by atoms with E-state index in [-0.39, 0.29) is 30.4 Å². The maximum atomic E-state index is 12.1. The number of rotatable bonds is 3. The highest BCUT2D eigenvalue weighted by Crippen LogP contribution is 2.22. The molecule has 0 aromatic heterocycles. The molecule has 3 rings (SSSR count). The minimum Gasteiger partial charge on any atom is -0.369 e. The third kappa shape index (κ3) is 4.02. The van der Waals surface area contributed by atoms with Crippen molar-refractivity contribution in [1.29, 1.82) is 0 Å². The maximum absolute atomic E-state index is 12.1. The zero-order valence-electron chi connectivity index (χ0n) is 11.8. The van der Waals surface area contributed by atoms with E-state index in [0.29, 0.717) is 0 Å². The van der Waals surface area contributed by atoms with Crippen molar-refractivity contribution in [3.8, 4) is 0 Å². The van der Waals surface area contributed by atoms with Crippen molar-refractivity contribution >= 4 is 35.6 Å². The van der Waals surface area contributed by atoms with Crippen LogP contribution in [0.4, 0.5) is 5.69 Å². The number of hydrogen-bond donors (Lipinski definition) is 2. The number of amides is 1. The van der Waals surface area contributed by atoms with Gasteiger partial charge >= 0.3 is 0 Å². The number of hydrogen-bond acceptors (Lipinski definition) is 3. The number of nitrogens with zero attached hydrogens (tertiary/aromatic N) is 1. The first-order chi connectivity index (χ1) is 9.72. The van der Waals surface area contributed by atoms with Crippen LogP contribution < -0.4 is 15.5 Å². The molecule has 2 unspecified atom stereocenters. The van der Waals surface area contributed by atoms with Crippen LogP contribution in [-0.2, 0) is 4.79 Å². The average Bonchev–Trinajstić information content (AvgIpc) is 3.10. The Labute approximate surface area is 136 Å². The highest BCUT2D eigenvalue weighted by Gasteiger charge is 2.28. The fourth-order valence-corrected chi connectivity index (χ4v) is 3.10. The molecule has 2 fully saturated rings. The van der Waals surface area contributed by atoms with E-state index in [4.69, 9.17) is 11.6 Å². The quantitative estimate of drug-likeness (QED) is 0.893. The monoisotopic (exact) mass is 329 g/mol. The molecule has 0 radical (unpaired) electrons. The molecule has 0 aliphatic carbocycles. The molecule has 2 N–H and O–H groups in total. The van der Waals surface area contributed by atoms with Crippen molar-refractivity contribution in [3.63, 3.8) is 0 Å².